The van der Waals surface area contributed by atoms with Gasteiger partial charge in [-0.3, -0.25) is 0 Å². The normalized spacial score (nSPS) is 10.2. The van der Waals surface area contributed by atoms with Gasteiger partial charge in [0, 0.05) is 0 Å². The Kier molecular flexibility index (Phi) is 3.59. The van der Waals surface area contributed by atoms with Gasteiger partial charge in [0.15, 0.2) is 5.69 Å². The summed E-state index contributed by atoms with van der Waals surface area (Å²) in [5.41, 5.74) is 0.786. The van der Waals surface area contributed by atoms with Crippen LogP contribution in [0.25, 0.3) is 5.69 Å². The van der Waals surface area contributed by atoms with E-state index >= 15 is 0 Å². The molecule has 0 amide bonds. The lowest BCUT2D eigenvalue weighted by Crippen LogP contribution is -2.04. The van der Waals surface area contributed by atoms with Crippen molar-refractivity contribution in [3.8, 4) is 17.2 Å². The van der Waals surface area contributed by atoms with Gasteiger partial charge >= 0.3 is 0 Å². The number of hydrogen-bond donors (Lipinski definition) is 0. The average molecular weight is 233 g/mol. The van der Waals surface area contributed by atoms with Crippen molar-refractivity contribution in [1.29, 1.82) is 0 Å². The van der Waals surface area contributed by atoms with Crippen LogP contribution in [0.2, 0.25) is 0 Å². The summed E-state index contributed by atoms with van der Waals surface area (Å²) in [5, 5.41) is 4.12. The van der Waals surface area contributed by atoms with Gasteiger partial charge in [-0.15, -0.1) is 0 Å². The van der Waals surface area contributed by atoms with Crippen LogP contribution in [-0.4, -0.2) is 28.0 Å². The maximum absolute atomic E-state index is 5.58. The minimum atomic E-state index is 0.595. The first-order chi connectivity index (χ1) is 8.36. The van der Waals surface area contributed by atoms with Gasteiger partial charge < -0.3 is 9.47 Å². The van der Waals surface area contributed by atoms with Crippen LogP contribution in [0.1, 0.15) is 13.8 Å². The van der Waals surface area contributed by atoms with Crippen molar-refractivity contribution in [2.75, 3.05) is 13.2 Å². The number of benzene rings is 1. The zero-order valence-corrected chi connectivity index (χ0v) is 9.96. The van der Waals surface area contributed by atoms with Crippen LogP contribution in [0.4, 0.5) is 0 Å². The summed E-state index contributed by atoms with van der Waals surface area (Å²) in [4.78, 5) is 3.94. The van der Waals surface area contributed by atoms with Crippen LogP contribution < -0.4 is 9.47 Å². The summed E-state index contributed by atoms with van der Waals surface area (Å²) in [6, 6.07) is 5.68. The maximum Gasteiger partial charge on any atom is 0.150 e. The second-order valence-electron chi connectivity index (χ2n) is 3.31. The van der Waals surface area contributed by atoms with E-state index in [4.69, 9.17) is 9.47 Å². The Morgan fingerprint density at radius 1 is 1.12 bits per heavy atom. The van der Waals surface area contributed by atoms with Gasteiger partial charge in [0.1, 0.15) is 24.2 Å². The lowest BCUT2D eigenvalue weighted by molar-refractivity contribution is 0.320. The second kappa shape index (κ2) is 5.34. The summed E-state index contributed by atoms with van der Waals surface area (Å²) in [7, 11) is 0. The van der Waals surface area contributed by atoms with Gasteiger partial charge in [-0.2, -0.15) is 5.10 Å². The first-order valence-corrected chi connectivity index (χ1v) is 5.60. The standard InChI is InChI=1S/C12H15N3O2/c1-3-16-10-6-5-7-11(17-4-2)12(10)15-9-13-8-14-15/h5-9H,3-4H2,1-2H3. The Morgan fingerprint density at radius 2 is 1.76 bits per heavy atom. The van der Waals surface area contributed by atoms with Crippen molar-refractivity contribution in [2.45, 2.75) is 13.8 Å². The highest BCUT2D eigenvalue weighted by molar-refractivity contribution is 5.56. The van der Waals surface area contributed by atoms with Crippen LogP contribution in [0.5, 0.6) is 11.5 Å². The van der Waals surface area contributed by atoms with E-state index in [0.717, 1.165) is 17.2 Å². The van der Waals surface area contributed by atoms with Gasteiger partial charge in [-0.05, 0) is 26.0 Å². The molecule has 1 aromatic carbocycles. The molecule has 0 aliphatic carbocycles. The predicted molar refractivity (Wildman–Crippen MR) is 63.7 cm³/mol. The molecule has 5 nitrogen and oxygen atoms in total. The largest absolute Gasteiger partial charge is 0.491 e. The van der Waals surface area contributed by atoms with Crippen molar-refractivity contribution in [3.63, 3.8) is 0 Å². The number of para-hydroxylation sites is 1. The minimum absolute atomic E-state index is 0.595. The minimum Gasteiger partial charge on any atom is -0.491 e. The molecule has 0 saturated carbocycles. The molecular formula is C12H15N3O2. The Labute approximate surface area is 100 Å². The highest BCUT2D eigenvalue weighted by atomic mass is 16.5. The average Bonchev–Trinajstić information content (AvgIpc) is 2.84. The van der Waals surface area contributed by atoms with E-state index in [1.54, 1.807) is 11.0 Å². The zero-order chi connectivity index (χ0) is 12.1. The van der Waals surface area contributed by atoms with Gasteiger partial charge in [-0.25, -0.2) is 9.67 Å². The fourth-order valence-electron chi connectivity index (χ4n) is 1.60. The van der Waals surface area contributed by atoms with Gasteiger partial charge in [0.25, 0.3) is 0 Å². The molecule has 2 aromatic rings. The third kappa shape index (κ3) is 2.38. The molecular weight excluding hydrogens is 218 g/mol. The first-order valence-electron chi connectivity index (χ1n) is 5.60. The third-order valence-electron chi connectivity index (χ3n) is 2.21. The quantitative estimate of drug-likeness (QED) is 0.793. The highest BCUT2D eigenvalue weighted by Gasteiger charge is 2.13. The summed E-state index contributed by atoms with van der Waals surface area (Å²) in [6.07, 6.45) is 3.11. The Hall–Kier alpha value is -2.04. The molecule has 0 N–H and O–H groups in total. The van der Waals surface area contributed by atoms with Crippen LogP contribution in [0.3, 0.4) is 0 Å². The van der Waals surface area contributed by atoms with Gasteiger partial charge in [0.05, 0.1) is 13.2 Å². The van der Waals surface area contributed by atoms with Crippen LogP contribution in [0.15, 0.2) is 30.9 Å². The first kappa shape index (κ1) is 11.4. The molecule has 0 saturated heterocycles. The molecule has 0 spiro atoms. The molecule has 0 radical (unpaired) electrons. The number of ether oxygens (including phenoxy) is 2. The van der Waals surface area contributed by atoms with Crippen molar-refractivity contribution >= 4 is 0 Å². The van der Waals surface area contributed by atoms with Gasteiger partial charge in [0.2, 0.25) is 0 Å². The van der Waals surface area contributed by atoms with Crippen molar-refractivity contribution in [1.82, 2.24) is 14.8 Å². The third-order valence-corrected chi connectivity index (χ3v) is 2.21. The predicted octanol–water partition coefficient (Wildman–Crippen LogP) is 2.06. The van der Waals surface area contributed by atoms with E-state index in [0.29, 0.717) is 13.2 Å². The lowest BCUT2D eigenvalue weighted by atomic mass is 10.2. The summed E-state index contributed by atoms with van der Waals surface area (Å²) >= 11 is 0. The highest BCUT2D eigenvalue weighted by Crippen LogP contribution is 2.31. The maximum atomic E-state index is 5.58. The summed E-state index contributed by atoms with van der Waals surface area (Å²) in [6.45, 7) is 5.07. The zero-order valence-electron chi connectivity index (χ0n) is 9.96. The van der Waals surface area contributed by atoms with E-state index in [1.165, 1.54) is 6.33 Å². The summed E-state index contributed by atoms with van der Waals surface area (Å²) < 4.78 is 12.8. The van der Waals surface area contributed by atoms with E-state index < -0.39 is 0 Å². The van der Waals surface area contributed by atoms with E-state index in [9.17, 15) is 0 Å². The van der Waals surface area contributed by atoms with Crippen LogP contribution >= 0.6 is 0 Å². The molecule has 17 heavy (non-hydrogen) atoms. The molecule has 0 unspecified atom stereocenters. The molecule has 0 aliphatic rings. The molecule has 0 atom stereocenters. The smallest absolute Gasteiger partial charge is 0.150 e. The number of nitrogens with zero attached hydrogens (tertiary/aromatic N) is 3. The Bertz CT molecular complexity index is 444. The molecule has 1 heterocycles. The SMILES string of the molecule is CCOc1cccc(OCC)c1-n1cncn1. The molecule has 90 valence electrons. The number of hydrogen-bond acceptors (Lipinski definition) is 4. The number of aromatic nitrogens is 3. The molecule has 5 heteroatoms. The molecule has 1 aromatic heterocycles. The second-order valence-corrected chi connectivity index (χ2v) is 3.31. The Morgan fingerprint density at radius 3 is 2.24 bits per heavy atom. The number of rotatable bonds is 5. The summed E-state index contributed by atoms with van der Waals surface area (Å²) in [5.74, 6) is 1.48. The Balaban J connectivity index is 2.50. The molecule has 0 aliphatic heterocycles. The fraction of sp³-hybridized carbons (Fsp3) is 0.333. The van der Waals surface area contributed by atoms with Crippen molar-refractivity contribution in [2.24, 2.45) is 0 Å². The van der Waals surface area contributed by atoms with Crippen molar-refractivity contribution < 1.29 is 9.47 Å². The molecule has 2 rings (SSSR count). The molecule has 0 bridgehead atoms. The van der Waals surface area contributed by atoms with Gasteiger partial charge in [-0.1, -0.05) is 6.07 Å². The fourth-order valence-corrected chi connectivity index (χ4v) is 1.60. The molecule has 0 fully saturated rings. The van der Waals surface area contributed by atoms with Crippen molar-refractivity contribution in [3.05, 3.63) is 30.9 Å². The van der Waals surface area contributed by atoms with E-state index in [1.807, 2.05) is 32.0 Å². The van der Waals surface area contributed by atoms with Crippen LogP contribution in [-0.2, 0) is 0 Å². The van der Waals surface area contributed by atoms with Crippen LogP contribution in [0, 0.1) is 0 Å². The van der Waals surface area contributed by atoms with E-state index in [-0.39, 0.29) is 0 Å². The van der Waals surface area contributed by atoms with E-state index in [2.05, 4.69) is 10.1 Å². The topological polar surface area (TPSA) is 49.2 Å². The lowest BCUT2D eigenvalue weighted by Gasteiger charge is -2.14. The monoisotopic (exact) mass is 233 g/mol.